The summed E-state index contributed by atoms with van der Waals surface area (Å²) in [5, 5.41) is 5.26. The number of aromatic nitrogens is 2. The van der Waals surface area contributed by atoms with Crippen LogP contribution in [0.15, 0.2) is 47.1 Å². The van der Waals surface area contributed by atoms with E-state index in [1.807, 2.05) is 53.0 Å². The molecule has 0 radical (unpaired) electrons. The standard InChI is InChI=1S/C20H23N3O2/c1-15-14-16-6-4-8-18(19(16)25-15)20(24)23-12-3-2-7-17(23)9-13-22-11-5-10-21-22/h4-6,8,10-11,14,17H,2-3,7,9,12-13H2,1H3. The van der Waals surface area contributed by atoms with Crippen LogP contribution in [0.5, 0.6) is 0 Å². The number of carbonyl (C=O) groups excluding carboxylic acids is 1. The summed E-state index contributed by atoms with van der Waals surface area (Å²) in [7, 11) is 0. The average Bonchev–Trinajstić information content (AvgIpc) is 3.27. The molecule has 1 aliphatic rings. The summed E-state index contributed by atoms with van der Waals surface area (Å²) in [6, 6.07) is 9.99. The third-order valence-electron chi connectivity index (χ3n) is 5.04. The van der Waals surface area contributed by atoms with E-state index in [9.17, 15) is 4.79 Å². The second-order valence-corrected chi connectivity index (χ2v) is 6.79. The predicted octanol–water partition coefficient (Wildman–Crippen LogP) is 4.02. The zero-order valence-corrected chi connectivity index (χ0v) is 14.5. The first-order chi connectivity index (χ1) is 12.2. The van der Waals surface area contributed by atoms with Crippen LogP contribution in [0.1, 0.15) is 41.8 Å². The summed E-state index contributed by atoms with van der Waals surface area (Å²) < 4.78 is 7.74. The largest absolute Gasteiger partial charge is 0.461 e. The molecule has 1 saturated heterocycles. The highest BCUT2D eigenvalue weighted by molar-refractivity contribution is 6.05. The quantitative estimate of drug-likeness (QED) is 0.722. The lowest BCUT2D eigenvalue weighted by atomic mass is 9.98. The van der Waals surface area contributed by atoms with E-state index in [1.54, 1.807) is 6.20 Å². The lowest BCUT2D eigenvalue weighted by molar-refractivity contribution is 0.0595. The van der Waals surface area contributed by atoms with Gasteiger partial charge in [-0.1, -0.05) is 12.1 Å². The summed E-state index contributed by atoms with van der Waals surface area (Å²) >= 11 is 0. The number of furan rings is 1. The number of hydrogen-bond donors (Lipinski definition) is 0. The van der Waals surface area contributed by atoms with Gasteiger partial charge in [0.05, 0.1) is 5.56 Å². The number of amides is 1. The first-order valence-corrected chi connectivity index (χ1v) is 9.00. The fourth-order valence-electron chi connectivity index (χ4n) is 3.80. The van der Waals surface area contributed by atoms with Gasteiger partial charge in [-0.05, 0) is 50.8 Å². The maximum atomic E-state index is 13.2. The molecule has 5 heteroatoms. The molecule has 2 aromatic heterocycles. The summed E-state index contributed by atoms with van der Waals surface area (Å²) in [5.74, 6) is 0.925. The summed E-state index contributed by atoms with van der Waals surface area (Å²) in [6.45, 7) is 3.58. The molecule has 0 bridgehead atoms. The molecule has 4 rings (SSSR count). The predicted molar refractivity (Wildman–Crippen MR) is 96.5 cm³/mol. The molecule has 1 aliphatic heterocycles. The molecule has 0 saturated carbocycles. The van der Waals surface area contributed by atoms with Crippen LogP contribution in [0.3, 0.4) is 0 Å². The van der Waals surface area contributed by atoms with Crippen molar-refractivity contribution in [3.05, 3.63) is 54.0 Å². The number of piperidine rings is 1. The second kappa shape index (κ2) is 6.75. The fraction of sp³-hybridized carbons (Fsp3) is 0.400. The van der Waals surface area contributed by atoms with Crippen molar-refractivity contribution in [1.82, 2.24) is 14.7 Å². The summed E-state index contributed by atoms with van der Waals surface area (Å²) in [6.07, 6.45) is 8.00. The third-order valence-corrected chi connectivity index (χ3v) is 5.04. The molecule has 1 aromatic carbocycles. The number of fused-ring (bicyclic) bond motifs is 1. The zero-order valence-electron chi connectivity index (χ0n) is 14.5. The van der Waals surface area contributed by atoms with E-state index in [-0.39, 0.29) is 11.9 Å². The number of para-hydroxylation sites is 1. The number of benzene rings is 1. The van der Waals surface area contributed by atoms with Gasteiger partial charge in [0.25, 0.3) is 5.91 Å². The number of rotatable bonds is 4. The molecule has 0 N–H and O–H groups in total. The lowest BCUT2D eigenvalue weighted by Crippen LogP contribution is -2.44. The van der Waals surface area contributed by atoms with Gasteiger partial charge in [-0.15, -0.1) is 0 Å². The van der Waals surface area contributed by atoms with Crippen LogP contribution >= 0.6 is 0 Å². The topological polar surface area (TPSA) is 51.3 Å². The second-order valence-electron chi connectivity index (χ2n) is 6.79. The molecule has 25 heavy (non-hydrogen) atoms. The highest BCUT2D eigenvalue weighted by Gasteiger charge is 2.29. The molecule has 0 spiro atoms. The van der Waals surface area contributed by atoms with Crippen molar-refractivity contribution in [2.24, 2.45) is 0 Å². The number of nitrogens with zero attached hydrogens (tertiary/aromatic N) is 3. The van der Waals surface area contributed by atoms with Gasteiger partial charge in [0, 0.05) is 36.9 Å². The maximum Gasteiger partial charge on any atom is 0.257 e. The Morgan fingerprint density at radius 3 is 3.08 bits per heavy atom. The first kappa shape index (κ1) is 15.9. The Kier molecular flexibility index (Phi) is 4.30. The summed E-state index contributed by atoms with van der Waals surface area (Å²) in [5.41, 5.74) is 1.39. The van der Waals surface area contributed by atoms with E-state index in [2.05, 4.69) is 5.10 Å². The van der Waals surface area contributed by atoms with E-state index in [1.165, 1.54) is 6.42 Å². The van der Waals surface area contributed by atoms with Crippen molar-refractivity contribution in [1.29, 1.82) is 0 Å². The first-order valence-electron chi connectivity index (χ1n) is 9.00. The van der Waals surface area contributed by atoms with E-state index < -0.39 is 0 Å². The number of hydrogen-bond acceptors (Lipinski definition) is 3. The van der Waals surface area contributed by atoms with E-state index in [0.29, 0.717) is 11.1 Å². The fourth-order valence-corrected chi connectivity index (χ4v) is 3.80. The minimum atomic E-state index is 0.0881. The highest BCUT2D eigenvalue weighted by atomic mass is 16.3. The van der Waals surface area contributed by atoms with E-state index in [0.717, 1.165) is 43.5 Å². The maximum absolute atomic E-state index is 13.2. The normalized spacial score (nSPS) is 18.0. The minimum absolute atomic E-state index is 0.0881. The highest BCUT2D eigenvalue weighted by Crippen LogP contribution is 2.27. The van der Waals surface area contributed by atoms with Crippen LogP contribution in [-0.2, 0) is 6.54 Å². The van der Waals surface area contributed by atoms with Gasteiger partial charge in [-0.2, -0.15) is 5.10 Å². The van der Waals surface area contributed by atoms with Gasteiger partial charge in [-0.25, -0.2) is 0 Å². The molecule has 3 heterocycles. The van der Waals surface area contributed by atoms with Crippen molar-refractivity contribution in [2.75, 3.05) is 6.54 Å². The Morgan fingerprint density at radius 2 is 2.24 bits per heavy atom. The Bertz CT molecular complexity index is 866. The molecule has 0 aliphatic carbocycles. The van der Waals surface area contributed by atoms with Crippen molar-refractivity contribution in [2.45, 2.75) is 45.2 Å². The van der Waals surface area contributed by atoms with Gasteiger partial charge in [-0.3, -0.25) is 9.48 Å². The van der Waals surface area contributed by atoms with Crippen molar-refractivity contribution in [3.63, 3.8) is 0 Å². The van der Waals surface area contributed by atoms with Crippen molar-refractivity contribution < 1.29 is 9.21 Å². The Morgan fingerprint density at radius 1 is 1.32 bits per heavy atom. The lowest BCUT2D eigenvalue weighted by Gasteiger charge is -2.36. The van der Waals surface area contributed by atoms with Gasteiger partial charge in [0.15, 0.2) is 0 Å². The monoisotopic (exact) mass is 337 g/mol. The van der Waals surface area contributed by atoms with Gasteiger partial charge < -0.3 is 9.32 Å². The third kappa shape index (κ3) is 3.18. The Hall–Kier alpha value is -2.56. The minimum Gasteiger partial charge on any atom is -0.461 e. The van der Waals surface area contributed by atoms with Crippen LogP contribution in [-0.4, -0.2) is 33.2 Å². The SMILES string of the molecule is Cc1cc2cccc(C(=O)N3CCCCC3CCn3cccn3)c2o1. The zero-order chi connectivity index (χ0) is 17.2. The molecule has 3 aromatic rings. The Balaban J connectivity index is 1.57. The molecule has 1 fully saturated rings. The molecule has 5 nitrogen and oxygen atoms in total. The van der Waals surface area contributed by atoms with Crippen LogP contribution in [0, 0.1) is 6.92 Å². The molecule has 1 atom stereocenters. The number of likely N-dealkylation sites (tertiary alicyclic amines) is 1. The van der Waals surface area contributed by atoms with Crippen LogP contribution in [0.25, 0.3) is 11.0 Å². The summed E-state index contributed by atoms with van der Waals surface area (Å²) in [4.78, 5) is 15.3. The number of aryl methyl sites for hydroxylation is 2. The average molecular weight is 337 g/mol. The van der Waals surface area contributed by atoms with Gasteiger partial charge in [0.1, 0.15) is 11.3 Å². The van der Waals surface area contributed by atoms with Crippen LogP contribution < -0.4 is 0 Å². The van der Waals surface area contributed by atoms with Gasteiger partial charge in [0.2, 0.25) is 0 Å². The smallest absolute Gasteiger partial charge is 0.257 e. The molecule has 1 amide bonds. The Labute approximate surface area is 147 Å². The molecule has 1 unspecified atom stereocenters. The van der Waals surface area contributed by atoms with E-state index >= 15 is 0 Å². The van der Waals surface area contributed by atoms with E-state index in [4.69, 9.17) is 4.42 Å². The van der Waals surface area contributed by atoms with Gasteiger partial charge >= 0.3 is 0 Å². The molecular formula is C20H23N3O2. The molecular weight excluding hydrogens is 314 g/mol. The molecule has 130 valence electrons. The van der Waals surface area contributed by atoms with Crippen LogP contribution in [0.4, 0.5) is 0 Å². The van der Waals surface area contributed by atoms with Crippen molar-refractivity contribution in [3.8, 4) is 0 Å². The number of carbonyl (C=O) groups is 1. The van der Waals surface area contributed by atoms with Crippen molar-refractivity contribution >= 4 is 16.9 Å². The van der Waals surface area contributed by atoms with Crippen LogP contribution in [0.2, 0.25) is 0 Å².